The molecule has 9 nitrogen and oxygen atoms in total. The van der Waals surface area contributed by atoms with Gasteiger partial charge in [0.2, 0.25) is 0 Å². The minimum Gasteiger partial charge on any atom is -0.496 e. The molecule has 9 heteroatoms. The molecule has 190 valence electrons. The zero-order valence-electron chi connectivity index (χ0n) is 20.8. The molecule has 0 radical (unpaired) electrons. The summed E-state index contributed by atoms with van der Waals surface area (Å²) in [7, 11) is 2.93. The highest BCUT2D eigenvalue weighted by molar-refractivity contribution is 6.04. The van der Waals surface area contributed by atoms with E-state index in [0.29, 0.717) is 24.3 Å². The number of para-hydroxylation sites is 1. The van der Waals surface area contributed by atoms with Crippen molar-refractivity contribution in [3.8, 4) is 28.0 Å². The zero-order valence-corrected chi connectivity index (χ0v) is 20.8. The van der Waals surface area contributed by atoms with E-state index in [9.17, 15) is 9.59 Å². The number of hydrogen-bond donors (Lipinski definition) is 3. The molecule has 2 amide bonds. The topological polar surface area (TPSA) is 123 Å². The van der Waals surface area contributed by atoms with Gasteiger partial charge >= 0.3 is 6.09 Å². The number of pyridine rings is 1. The summed E-state index contributed by atoms with van der Waals surface area (Å²) in [6.45, 7) is 1.02. The number of H-pyrrole nitrogens is 1. The first-order chi connectivity index (χ1) is 18.0. The van der Waals surface area contributed by atoms with Crippen LogP contribution in [0.5, 0.6) is 5.75 Å². The molecule has 1 aliphatic rings. The van der Waals surface area contributed by atoms with Crippen LogP contribution in [0.2, 0.25) is 0 Å². The molecule has 1 aliphatic heterocycles. The van der Waals surface area contributed by atoms with Crippen LogP contribution in [0.25, 0.3) is 33.3 Å². The lowest BCUT2D eigenvalue weighted by Gasteiger charge is -2.25. The van der Waals surface area contributed by atoms with E-state index in [2.05, 4.69) is 15.3 Å². The van der Waals surface area contributed by atoms with Crippen LogP contribution < -0.4 is 15.8 Å². The number of aromatic nitrogens is 2. The molecule has 37 heavy (non-hydrogen) atoms. The van der Waals surface area contributed by atoms with E-state index < -0.39 is 6.09 Å². The van der Waals surface area contributed by atoms with Gasteiger partial charge in [-0.15, -0.1) is 0 Å². The fourth-order valence-electron chi connectivity index (χ4n) is 4.92. The Morgan fingerprint density at radius 2 is 1.97 bits per heavy atom. The molecule has 1 saturated heterocycles. The standard InChI is InChI=1S/C28H29N5O4/c1-36-25-8-4-3-7-20(25)23-16-31-26-21(23)13-18(15-30-26)17-9-10-24(32-28(35)37-2)22(12-17)27(34)33-11-5-6-19(33)14-29/h3-4,7-10,12-13,15-16,19H,5-6,11,14,29H2,1-2H3,(H,30,31)(H,32,35)/t19-/m1/s1. The van der Waals surface area contributed by atoms with Crippen molar-refractivity contribution in [2.75, 3.05) is 32.6 Å². The highest BCUT2D eigenvalue weighted by atomic mass is 16.5. The lowest BCUT2D eigenvalue weighted by Crippen LogP contribution is -2.40. The van der Waals surface area contributed by atoms with Gasteiger partial charge < -0.3 is 25.1 Å². The summed E-state index contributed by atoms with van der Waals surface area (Å²) < 4.78 is 10.3. The summed E-state index contributed by atoms with van der Waals surface area (Å²) in [5, 5.41) is 3.60. The van der Waals surface area contributed by atoms with Crippen molar-refractivity contribution in [2.24, 2.45) is 5.73 Å². The fourth-order valence-corrected chi connectivity index (χ4v) is 4.92. The van der Waals surface area contributed by atoms with Gasteiger partial charge in [-0.3, -0.25) is 10.1 Å². The van der Waals surface area contributed by atoms with Crippen molar-refractivity contribution in [1.82, 2.24) is 14.9 Å². The van der Waals surface area contributed by atoms with E-state index in [1.54, 1.807) is 30.3 Å². The first-order valence-electron chi connectivity index (χ1n) is 12.1. The van der Waals surface area contributed by atoms with E-state index in [1.807, 2.05) is 42.6 Å². The quantitative estimate of drug-likeness (QED) is 0.355. The Bertz CT molecular complexity index is 1460. The van der Waals surface area contributed by atoms with Crippen molar-refractivity contribution in [1.29, 1.82) is 0 Å². The number of amides is 2. The van der Waals surface area contributed by atoms with Crippen LogP contribution in [0, 0.1) is 0 Å². The second kappa shape index (κ2) is 10.3. The molecule has 0 spiro atoms. The summed E-state index contributed by atoms with van der Waals surface area (Å²) >= 11 is 0. The van der Waals surface area contributed by atoms with E-state index in [0.717, 1.165) is 51.9 Å². The zero-order chi connectivity index (χ0) is 25.9. The molecular weight excluding hydrogens is 470 g/mol. The maximum Gasteiger partial charge on any atom is 0.411 e. The normalized spacial score (nSPS) is 15.1. The molecule has 1 fully saturated rings. The third kappa shape index (κ3) is 4.61. The van der Waals surface area contributed by atoms with Gasteiger partial charge in [0.05, 0.1) is 25.5 Å². The Morgan fingerprint density at radius 1 is 1.14 bits per heavy atom. The number of ether oxygens (including phenoxy) is 2. The van der Waals surface area contributed by atoms with Gasteiger partial charge in [0.25, 0.3) is 5.91 Å². The van der Waals surface area contributed by atoms with Gasteiger partial charge in [0.15, 0.2) is 0 Å². The van der Waals surface area contributed by atoms with E-state index in [4.69, 9.17) is 15.2 Å². The largest absolute Gasteiger partial charge is 0.496 e. The van der Waals surface area contributed by atoms with Gasteiger partial charge in [0, 0.05) is 53.6 Å². The van der Waals surface area contributed by atoms with E-state index in [-0.39, 0.29) is 11.9 Å². The Morgan fingerprint density at radius 3 is 2.76 bits per heavy atom. The second-order valence-corrected chi connectivity index (χ2v) is 8.93. The fraction of sp³-hybridized carbons (Fsp3) is 0.250. The second-order valence-electron chi connectivity index (χ2n) is 8.93. The molecular formula is C28H29N5O4. The Kier molecular flexibility index (Phi) is 6.78. The van der Waals surface area contributed by atoms with Crippen molar-refractivity contribution < 1.29 is 19.1 Å². The summed E-state index contributed by atoms with van der Waals surface area (Å²) in [5.74, 6) is 0.589. The van der Waals surface area contributed by atoms with Crippen LogP contribution >= 0.6 is 0 Å². The number of aromatic amines is 1. The average molecular weight is 500 g/mol. The van der Waals surface area contributed by atoms with Crippen molar-refractivity contribution in [2.45, 2.75) is 18.9 Å². The van der Waals surface area contributed by atoms with E-state index >= 15 is 0 Å². The van der Waals surface area contributed by atoms with Gasteiger partial charge in [-0.2, -0.15) is 0 Å². The van der Waals surface area contributed by atoms with Crippen molar-refractivity contribution >= 4 is 28.7 Å². The molecule has 3 heterocycles. The maximum atomic E-state index is 13.6. The van der Waals surface area contributed by atoms with Crippen LogP contribution in [0.3, 0.4) is 0 Å². The minimum atomic E-state index is -0.643. The van der Waals surface area contributed by atoms with Crippen LogP contribution in [0.4, 0.5) is 10.5 Å². The first-order valence-corrected chi connectivity index (χ1v) is 12.1. The van der Waals surface area contributed by atoms with Gasteiger partial charge in [-0.1, -0.05) is 24.3 Å². The maximum absolute atomic E-state index is 13.6. The number of nitrogens with one attached hydrogen (secondary N) is 2. The lowest BCUT2D eigenvalue weighted by molar-refractivity contribution is 0.0742. The predicted molar refractivity (Wildman–Crippen MR) is 143 cm³/mol. The molecule has 5 rings (SSSR count). The number of carbonyl (C=O) groups is 2. The molecule has 0 bridgehead atoms. The molecule has 0 aliphatic carbocycles. The Balaban J connectivity index is 1.59. The first kappa shape index (κ1) is 24.3. The smallest absolute Gasteiger partial charge is 0.411 e. The molecule has 4 aromatic rings. The molecule has 4 N–H and O–H groups in total. The average Bonchev–Trinajstić information content (AvgIpc) is 3.59. The van der Waals surface area contributed by atoms with Gasteiger partial charge in [-0.25, -0.2) is 9.78 Å². The SMILES string of the molecule is COC(=O)Nc1ccc(-c2cnc3[nH]cc(-c4ccccc4OC)c3c2)cc1C(=O)N1CCC[C@@H]1CN. The molecule has 0 unspecified atom stereocenters. The molecule has 2 aromatic heterocycles. The highest BCUT2D eigenvalue weighted by Crippen LogP contribution is 2.36. The minimum absolute atomic E-state index is 0.0246. The number of nitrogens with two attached hydrogens (primary N) is 1. The van der Waals surface area contributed by atoms with Crippen LogP contribution in [-0.2, 0) is 4.74 Å². The predicted octanol–water partition coefficient (Wildman–Crippen LogP) is 4.65. The summed E-state index contributed by atoms with van der Waals surface area (Å²) in [6.07, 6.45) is 4.79. The number of fused-ring (bicyclic) bond motifs is 1. The third-order valence-corrected chi connectivity index (χ3v) is 6.84. The van der Waals surface area contributed by atoms with Crippen LogP contribution in [0.1, 0.15) is 23.2 Å². The number of likely N-dealkylation sites (tertiary alicyclic amines) is 1. The third-order valence-electron chi connectivity index (χ3n) is 6.84. The molecule has 2 aromatic carbocycles. The Hall–Kier alpha value is -4.37. The van der Waals surface area contributed by atoms with Crippen LogP contribution in [0.15, 0.2) is 60.9 Å². The van der Waals surface area contributed by atoms with Gasteiger partial charge in [-0.05, 0) is 42.7 Å². The lowest BCUT2D eigenvalue weighted by atomic mass is 9.99. The van der Waals surface area contributed by atoms with E-state index in [1.165, 1.54) is 7.11 Å². The number of carbonyl (C=O) groups excluding carboxylic acids is 2. The number of methoxy groups -OCH3 is 2. The summed E-state index contributed by atoms with van der Waals surface area (Å²) in [6, 6.07) is 15.2. The summed E-state index contributed by atoms with van der Waals surface area (Å²) in [5.41, 5.74) is 11.0. The summed E-state index contributed by atoms with van der Waals surface area (Å²) in [4.78, 5) is 35.2. The number of nitrogens with zero attached hydrogens (tertiary/aromatic N) is 2. The van der Waals surface area contributed by atoms with Gasteiger partial charge in [0.1, 0.15) is 11.4 Å². The number of rotatable bonds is 6. The Labute approximate surface area is 214 Å². The highest BCUT2D eigenvalue weighted by Gasteiger charge is 2.30. The molecule has 0 saturated carbocycles. The number of hydrogen-bond acceptors (Lipinski definition) is 6. The molecule has 1 atom stereocenters. The number of anilines is 1. The monoisotopic (exact) mass is 499 g/mol. The number of benzene rings is 2. The van der Waals surface area contributed by atoms with Crippen molar-refractivity contribution in [3.05, 3.63) is 66.5 Å². The van der Waals surface area contributed by atoms with Crippen molar-refractivity contribution in [3.63, 3.8) is 0 Å². The van der Waals surface area contributed by atoms with Crippen LogP contribution in [-0.4, -0.2) is 60.2 Å².